The van der Waals surface area contributed by atoms with Crippen LogP contribution in [-0.4, -0.2) is 26.1 Å². The minimum atomic E-state index is -2.85. The van der Waals surface area contributed by atoms with Crippen molar-refractivity contribution >= 4 is 23.2 Å². The molecule has 0 bridgehead atoms. The van der Waals surface area contributed by atoms with Gasteiger partial charge in [-0.1, -0.05) is 11.6 Å². The normalized spacial score (nSPS) is 11.7. The number of likely N-dealkylation sites (N-methyl/N-ethyl adjacent to an activating group) is 1. The number of carbonyl (C=O) groups excluding carboxylic acids is 1. The van der Waals surface area contributed by atoms with Crippen molar-refractivity contribution in [2.75, 3.05) is 18.9 Å². The van der Waals surface area contributed by atoms with Crippen LogP contribution in [0.2, 0.25) is 5.02 Å². The molecule has 5 nitrogen and oxygen atoms in total. The molecule has 0 aromatic heterocycles. The van der Waals surface area contributed by atoms with Gasteiger partial charge in [0.05, 0.1) is 17.6 Å². The molecule has 1 unspecified atom stereocenters. The molecule has 136 valence electrons. The summed E-state index contributed by atoms with van der Waals surface area (Å²) in [5.74, 6) is -0.113. The molecule has 1 amide bonds. The second-order valence-electron chi connectivity index (χ2n) is 5.69. The van der Waals surface area contributed by atoms with E-state index in [1.165, 1.54) is 24.3 Å². The molecule has 0 radical (unpaired) electrons. The van der Waals surface area contributed by atoms with Crippen molar-refractivity contribution < 1.29 is 23.2 Å². The third kappa shape index (κ3) is 5.99. The van der Waals surface area contributed by atoms with E-state index in [-0.39, 0.29) is 23.2 Å². The lowest BCUT2D eigenvalue weighted by Gasteiger charge is -2.14. The number of benzene rings is 2. The molecular formula is C18H17ClF2N3O2+. The lowest BCUT2D eigenvalue weighted by Crippen LogP contribution is -3.08. The Kier molecular flexibility index (Phi) is 6.89. The maximum atomic E-state index is 12.1. The molecule has 2 rings (SSSR count). The zero-order valence-electron chi connectivity index (χ0n) is 13.9. The lowest BCUT2D eigenvalue weighted by atomic mass is 10.2. The molecular weight excluding hydrogens is 364 g/mol. The van der Waals surface area contributed by atoms with E-state index in [2.05, 4.69) is 10.1 Å². The summed E-state index contributed by atoms with van der Waals surface area (Å²) >= 11 is 5.93. The summed E-state index contributed by atoms with van der Waals surface area (Å²) in [4.78, 5) is 13.0. The molecule has 0 aliphatic carbocycles. The number of quaternary nitrogens is 1. The number of carbonyl (C=O) groups is 1. The first-order valence-electron chi connectivity index (χ1n) is 7.72. The number of nitriles is 1. The molecule has 2 N–H and O–H groups in total. The van der Waals surface area contributed by atoms with Gasteiger partial charge in [0.2, 0.25) is 0 Å². The number of ether oxygens (including phenoxy) is 1. The first-order valence-corrected chi connectivity index (χ1v) is 8.09. The van der Waals surface area contributed by atoms with Gasteiger partial charge in [-0.15, -0.1) is 0 Å². The van der Waals surface area contributed by atoms with Gasteiger partial charge in [-0.3, -0.25) is 4.79 Å². The Morgan fingerprint density at radius 3 is 2.58 bits per heavy atom. The van der Waals surface area contributed by atoms with Crippen LogP contribution in [0.1, 0.15) is 11.1 Å². The van der Waals surface area contributed by atoms with Gasteiger partial charge in [-0.2, -0.15) is 14.0 Å². The summed E-state index contributed by atoms with van der Waals surface area (Å²) in [6.45, 7) is -2.11. The number of anilines is 1. The van der Waals surface area contributed by atoms with E-state index in [0.29, 0.717) is 17.8 Å². The molecule has 0 spiro atoms. The van der Waals surface area contributed by atoms with Crippen LogP contribution in [0.3, 0.4) is 0 Å². The number of hydrogen-bond acceptors (Lipinski definition) is 3. The van der Waals surface area contributed by atoms with Crippen molar-refractivity contribution in [3.63, 3.8) is 0 Å². The van der Waals surface area contributed by atoms with Gasteiger partial charge in [0, 0.05) is 11.3 Å². The van der Waals surface area contributed by atoms with Gasteiger partial charge in [-0.25, -0.2) is 0 Å². The molecule has 0 saturated heterocycles. The Morgan fingerprint density at radius 1 is 1.31 bits per heavy atom. The van der Waals surface area contributed by atoms with E-state index < -0.39 is 6.61 Å². The fraction of sp³-hybridized carbons (Fsp3) is 0.222. The minimum absolute atomic E-state index is 0.0943. The zero-order valence-corrected chi connectivity index (χ0v) is 14.7. The average Bonchev–Trinajstić information content (AvgIpc) is 2.56. The van der Waals surface area contributed by atoms with Gasteiger partial charge in [-0.05, 0) is 42.5 Å². The second-order valence-corrected chi connectivity index (χ2v) is 6.09. The Bertz CT molecular complexity index is 807. The topological polar surface area (TPSA) is 66.6 Å². The molecule has 2 aromatic carbocycles. The Balaban J connectivity index is 1.87. The number of halogens is 3. The molecule has 8 heteroatoms. The third-order valence-electron chi connectivity index (χ3n) is 3.49. The zero-order chi connectivity index (χ0) is 19.1. The van der Waals surface area contributed by atoms with E-state index in [1.807, 2.05) is 13.1 Å². The van der Waals surface area contributed by atoms with Crippen molar-refractivity contribution in [2.45, 2.75) is 13.2 Å². The first kappa shape index (κ1) is 19.6. The highest BCUT2D eigenvalue weighted by atomic mass is 35.5. The summed E-state index contributed by atoms with van der Waals surface area (Å²) in [5.41, 5.74) is 1.74. The summed E-state index contributed by atoms with van der Waals surface area (Å²) < 4.78 is 28.5. The molecule has 2 aromatic rings. The number of rotatable bonds is 7. The van der Waals surface area contributed by atoms with E-state index in [4.69, 9.17) is 16.9 Å². The standard InChI is InChI=1S/C18H16ClF2N3O2/c1-24(10-12-2-6-15(7-3-12)26-18(20)21)11-17(25)23-14-5-4-13(9-22)16(19)8-14/h2-8,18H,10-11H2,1H3,(H,23,25)/p+1. The van der Waals surface area contributed by atoms with Crippen LogP contribution < -0.4 is 15.0 Å². The van der Waals surface area contributed by atoms with Gasteiger partial charge in [0.15, 0.2) is 6.54 Å². The fourth-order valence-corrected chi connectivity index (χ4v) is 2.59. The minimum Gasteiger partial charge on any atom is -0.435 e. The highest BCUT2D eigenvalue weighted by Gasteiger charge is 2.12. The van der Waals surface area contributed by atoms with Gasteiger partial charge in [0.1, 0.15) is 18.4 Å². The summed E-state index contributed by atoms with van der Waals surface area (Å²) in [5, 5.41) is 11.8. The van der Waals surface area contributed by atoms with Crippen LogP contribution in [0.4, 0.5) is 14.5 Å². The predicted molar refractivity (Wildman–Crippen MR) is 93.3 cm³/mol. The van der Waals surface area contributed by atoms with Crippen LogP contribution in [0, 0.1) is 11.3 Å². The van der Waals surface area contributed by atoms with E-state index in [0.717, 1.165) is 10.5 Å². The van der Waals surface area contributed by atoms with Crippen LogP contribution in [-0.2, 0) is 11.3 Å². The van der Waals surface area contributed by atoms with Crippen LogP contribution in [0.15, 0.2) is 42.5 Å². The van der Waals surface area contributed by atoms with Gasteiger partial charge >= 0.3 is 6.61 Å². The summed E-state index contributed by atoms with van der Waals surface area (Å²) in [6, 6.07) is 12.9. The number of alkyl halides is 2. The van der Waals surface area contributed by atoms with Crippen LogP contribution in [0.5, 0.6) is 5.75 Å². The molecule has 26 heavy (non-hydrogen) atoms. The molecule has 1 atom stereocenters. The maximum Gasteiger partial charge on any atom is 0.387 e. The van der Waals surface area contributed by atoms with Crippen molar-refractivity contribution in [1.82, 2.24) is 0 Å². The molecule has 0 heterocycles. The fourth-order valence-electron chi connectivity index (χ4n) is 2.36. The second kappa shape index (κ2) is 9.13. The summed E-state index contributed by atoms with van der Waals surface area (Å²) in [7, 11) is 1.84. The summed E-state index contributed by atoms with van der Waals surface area (Å²) in [6.07, 6.45) is 0. The smallest absolute Gasteiger partial charge is 0.387 e. The number of nitrogens with zero attached hydrogens (tertiary/aromatic N) is 1. The number of hydrogen-bond donors (Lipinski definition) is 2. The monoisotopic (exact) mass is 380 g/mol. The Hall–Kier alpha value is -2.69. The lowest BCUT2D eigenvalue weighted by molar-refractivity contribution is -0.885. The van der Waals surface area contributed by atoms with Gasteiger partial charge in [0.25, 0.3) is 5.91 Å². The van der Waals surface area contributed by atoms with Crippen molar-refractivity contribution in [3.05, 3.63) is 58.6 Å². The van der Waals surface area contributed by atoms with E-state index >= 15 is 0 Å². The van der Waals surface area contributed by atoms with Crippen molar-refractivity contribution in [1.29, 1.82) is 5.26 Å². The van der Waals surface area contributed by atoms with Crippen LogP contribution >= 0.6 is 11.6 Å². The van der Waals surface area contributed by atoms with E-state index in [9.17, 15) is 13.6 Å². The number of amides is 1. The third-order valence-corrected chi connectivity index (χ3v) is 3.80. The number of nitrogens with one attached hydrogen (secondary N) is 2. The largest absolute Gasteiger partial charge is 0.435 e. The predicted octanol–water partition coefficient (Wildman–Crippen LogP) is 2.47. The highest BCUT2D eigenvalue weighted by Crippen LogP contribution is 2.20. The highest BCUT2D eigenvalue weighted by molar-refractivity contribution is 6.32. The SMILES string of the molecule is C[NH+](CC(=O)Nc1ccc(C#N)c(Cl)c1)Cc1ccc(OC(F)F)cc1. The Morgan fingerprint density at radius 2 is 2.00 bits per heavy atom. The molecule has 0 saturated carbocycles. The van der Waals surface area contributed by atoms with E-state index in [1.54, 1.807) is 18.2 Å². The van der Waals surface area contributed by atoms with Crippen LogP contribution in [0.25, 0.3) is 0 Å². The average molecular weight is 381 g/mol. The van der Waals surface area contributed by atoms with Crippen molar-refractivity contribution in [2.24, 2.45) is 0 Å². The molecule has 0 aliphatic rings. The first-order chi connectivity index (χ1) is 12.4. The molecule has 0 fully saturated rings. The Labute approximate surface area is 154 Å². The maximum absolute atomic E-state index is 12.1. The quantitative estimate of drug-likeness (QED) is 0.775. The molecule has 0 aliphatic heterocycles. The van der Waals surface area contributed by atoms with Crippen molar-refractivity contribution in [3.8, 4) is 11.8 Å². The van der Waals surface area contributed by atoms with Gasteiger partial charge < -0.3 is 15.0 Å².